The number of nitrogens with one attached hydrogen (secondary N) is 1. The van der Waals surface area contributed by atoms with Gasteiger partial charge in [0, 0.05) is 12.1 Å². The quantitative estimate of drug-likeness (QED) is 0.492. The highest BCUT2D eigenvalue weighted by atomic mass is 79.9. The molecular weight excluding hydrogens is 320 g/mol. The first-order valence-electron chi connectivity index (χ1n) is 5.41. The van der Waals surface area contributed by atoms with Gasteiger partial charge in [-0.25, -0.2) is 0 Å². The Kier molecular flexibility index (Phi) is 6.46. The van der Waals surface area contributed by atoms with Gasteiger partial charge in [-0.3, -0.25) is 5.41 Å². The number of nitrogens with zero attached hydrogens (tertiary/aromatic N) is 1. The molecule has 0 atom stereocenters. The summed E-state index contributed by atoms with van der Waals surface area (Å²) >= 11 is 9.23. The first-order valence-corrected chi connectivity index (χ1v) is 6.58. The molecule has 0 radical (unpaired) electrons. The summed E-state index contributed by atoms with van der Waals surface area (Å²) < 4.78 is 11.4. The fourth-order valence-electron chi connectivity index (χ4n) is 1.34. The molecule has 1 N–H and O–H groups in total. The van der Waals surface area contributed by atoms with Crippen molar-refractivity contribution >= 4 is 33.4 Å². The molecule has 1 aromatic carbocycles. The third-order valence-corrected chi connectivity index (χ3v) is 3.13. The van der Waals surface area contributed by atoms with Crippen molar-refractivity contribution in [2.75, 3.05) is 27.0 Å². The average Bonchev–Trinajstić information content (AvgIpc) is 2.30. The third kappa shape index (κ3) is 4.84. The molecule has 100 valence electrons. The minimum Gasteiger partial charge on any atom is -0.491 e. The molecule has 4 nitrogen and oxygen atoms in total. The van der Waals surface area contributed by atoms with E-state index in [4.69, 9.17) is 26.5 Å². The highest BCUT2D eigenvalue weighted by molar-refractivity contribution is 9.10. The highest BCUT2D eigenvalue weighted by Crippen LogP contribution is 2.27. The maximum absolute atomic E-state index is 7.57. The molecule has 1 aromatic rings. The normalized spacial score (nSPS) is 10.2. The van der Waals surface area contributed by atoms with Gasteiger partial charge in [0.2, 0.25) is 0 Å². The van der Waals surface area contributed by atoms with Gasteiger partial charge in [0.1, 0.15) is 19.1 Å². The SMILES string of the molecule is COCN(CCOc1ccc(Cl)cc1Br)C(C)=N. The van der Waals surface area contributed by atoms with Crippen molar-refractivity contribution < 1.29 is 9.47 Å². The fraction of sp³-hybridized carbons (Fsp3) is 0.417. The summed E-state index contributed by atoms with van der Waals surface area (Å²) in [5.41, 5.74) is 0. The van der Waals surface area contributed by atoms with E-state index in [0.717, 1.165) is 10.2 Å². The molecule has 18 heavy (non-hydrogen) atoms. The van der Waals surface area contributed by atoms with E-state index in [0.29, 0.717) is 30.7 Å². The van der Waals surface area contributed by atoms with Gasteiger partial charge in [-0.15, -0.1) is 0 Å². The lowest BCUT2D eigenvalue weighted by Gasteiger charge is -2.22. The second-order valence-electron chi connectivity index (χ2n) is 3.69. The van der Waals surface area contributed by atoms with Crippen LogP contribution in [-0.4, -0.2) is 37.7 Å². The Morgan fingerprint density at radius 3 is 2.78 bits per heavy atom. The zero-order valence-corrected chi connectivity index (χ0v) is 12.7. The molecule has 0 aromatic heterocycles. The predicted octanol–water partition coefficient (Wildman–Crippen LogP) is 3.38. The van der Waals surface area contributed by atoms with Gasteiger partial charge >= 0.3 is 0 Å². The lowest BCUT2D eigenvalue weighted by atomic mass is 10.3. The Morgan fingerprint density at radius 1 is 1.50 bits per heavy atom. The summed E-state index contributed by atoms with van der Waals surface area (Å²) in [5, 5.41) is 8.23. The second-order valence-corrected chi connectivity index (χ2v) is 4.98. The van der Waals surface area contributed by atoms with Crippen LogP contribution in [0, 0.1) is 5.41 Å². The number of ether oxygens (including phenoxy) is 2. The maximum Gasteiger partial charge on any atom is 0.133 e. The Morgan fingerprint density at radius 2 is 2.22 bits per heavy atom. The molecule has 0 aliphatic rings. The van der Waals surface area contributed by atoms with Crippen molar-refractivity contribution in [1.29, 1.82) is 5.41 Å². The van der Waals surface area contributed by atoms with Crippen LogP contribution in [0.3, 0.4) is 0 Å². The van der Waals surface area contributed by atoms with Gasteiger partial charge in [0.15, 0.2) is 0 Å². The van der Waals surface area contributed by atoms with Crippen molar-refractivity contribution in [3.63, 3.8) is 0 Å². The van der Waals surface area contributed by atoms with Gasteiger partial charge in [-0.05, 0) is 41.1 Å². The van der Waals surface area contributed by atoms with Crippen LogP contribution in [-0.2, 0) is 4.74 Å². The summed E-state index contributed by atoms with van der Waals surface area (Å²) in [4.78, 5) is 1.78. The van der Waals surface area contributed by atoms with E-state index in [1.165, 1.54) is 0 Å². The molecular formula is C12H16BrClN2O2. The zero-order chi connectivity index (χ0) is 13.5. The molecule has 0 fully saturated rings. The number of hydrogen-bond acceptors (Lipinski definition) is 3. The number of amidine groups is 1. The van der Waals surface area contributed by atoms with Gasteiger partial charge < -0.3 is 14.4 Å². The lowest BCUT2D eigenvalue weighted by molar-refractivity contribution is 0.0987. The van der Waals surface area contributed by atoms with E-state index in [1.54, 1.807) is 31.1 Å². The smallest absolute Gasteiger partial charge is 0.133 e. The average molecular weight is 336 g/mol. The summed E-state index contributed by atoms with van der Waals surface area (Å²) in [7, 11) is 1.60. The summed E-state index contributed by atoms with van der Waals surface area (Å²) in [6.45, 7) is 3.18. The van der Waals surface area contributed by atoms with Gasteiger partial charge in [-0.2, -0.15) is 0 Å². The molecule has 0 saturated heterocycles. The molecule has 0 spiro atoms. The standard InChI is InChI=1S/C12H16BrClN2O2/c1-9(15)16(8-17-2)5-6-18-12-4-3-10(14)7-11(12)13/h3-4,7,15H,5-6,8H2,1-2H3. The Hall–Kier alpha value is -0.780. The molecule has 0 unspecified atom stereocenters. The van der Waals surface area contributed by atoms with Gasteiger partial charge in [0.05, 0.1) is 16.9 Å². The number of rotatable bonds is 6. The van der Waals surface area contributed by atoms with Crippen molar-refractivity contribution in [3.8, 4) is 5.75 Å². The van der Waals surface area contributed by atoms with E-state index >= 15 is 0 Å². The zero-order valence-electron chi connectivity index (χ0n) is 10.4. The van der Waals surface area contributed by atoms with Crippen molar-refractivity contribution in [1.82, 2.24) is 4.90 Å². The maximum atomic E-state index is 7.57. The van der Waals surface area contributed by atoms with E-state index in [-0.39, 0.29) is 0 Å². The van der Waals surface area contributed by atoms with Crippen LogP contribution in [0.5, 0.6) is 5.75 Å². The van der Waals surface area contributed by atoms with Crippen LogP contribution in [0.15, 0.2) is 22.7 Å². The third-order valence-electron chi connectivity index (χ3n) is 2.27. The number of hydrogen-bond donors (Lipinski definition) is 1. The molecule has 1 rings (SSSR count). The highest BCUT2D eigenvalue weighted by Gasteiger charge is 2.06. The Balaban J connectivity index is 2.47. The molecule has 0 aliphatic carbocycles. The Bertz CT molecular complexity index is 415. The topological polar surface area (TPSA) is 45.6 Å². The van der Waals surface area contributed by atoms with Crippen LogP contribution >= 0.6 is 27.5 Å². The van der Waals surface area contributed by atoms with Crippen molar-refractivity contribution in [2.24, 2.45) is 0 Å². The second kappa shape index (κ2) is 7.61. The van der Waals surface area contributed by atoms with Crippen LogP contribution in [0.2, 0.25) is 5.02 Å². The van der Waals surface area contributed by atoms with Crippen LogP contribution in [0.25, 0.3) is 0 Å². The fourth-order valence-corrected chi connectivity index (χ4v) is 2.14. The van der Waals surface area contributed by atoms with Gasteiger partial charge in [0.25, 0.3) is 0 Å². The first kappa shape index (κ1) is 15.3. The lowest BCUT2D eigenvalue weighted by Crippen LogP contribution is -2.34. The first-order chi connectivity index (χ1) is 8.54. The molecule has 0 heterocycles. The van der Waals surface area contributed by atoms with Crippen LogP contribution in [0.1, 0.15) is 6.92 Å². The minimum atomic E-state index is 0.389. The monoisotopic (exact) mass is 334 g/mol. The number of methoxy groups -OCH3 is 1. The van der Waals surface area contributed by atoms with Crippen molar-refractivity contribution in [2.45, 2.75) is 6.92 Å². The van der Waals surface area contributed by atoms with Crippen molar-refractivity contribution in [3.05, 3.63) is 27.7 Å². The van der Waals surface area contributed by atoms with E-state index in [1.807, 2.05) is 6.07 Å². The molecule has 0 amide bonds. The summed E-state index contributed by atoms with van der Waals surface area (Å²) in [6, 6.07) is 5.37. The Labute approximate surface area is 120 Å². The molecule has 6 heteroatoms. The predicted molar refractivity (Wildman–Crippen MR) is 76.6 cm³/mol. The van der Waals surface area contributed by atoms with Crippen LogP contribution < -0.4 is 4.74 Å². The van der Waals surface area contributed by atoms with Crippen LogP contribution in [0.4, 0.5) is 0 Å². The number of benzene rings is 1. The summed E-state index contributed by atoms with van der Waals surface area (Å²) in [6.07, 6.45) is 0. The van der Waals surface area contributed by atoms with E-state index in [9.17, 15) is 0 Å². The molecule has 0 saturated carbocycles. The van der Waals surface area contributed by atoms with Gasteiger partial charge in [-0.1, -0.05) is 11.6 Å². The summed E-state index contributed by atoms with van der Waals surface area (Å²) in [5.74, 6) is 1.19. The van der Waals surface area contributed by atoms with E-state index < -0.39 is 0 Å². The molecule has 0 bridgehead atoms. The molecule has 0 aliphatic heterocycles. The minimum absolute atomic E-state index is 0.389. The van der Waals surface area contributed by atoms with E-state index in [2.05, 4.69) is 15.9 Å². The number of halogens is 2. The largest absolute Gasteiger partial charge is 0.491 e.